The summed E-state index contributed by atoms with van der Waals surface area (Å²) in [6.45, 7) is 1.75. The van der Waals surface area contributed by atoms with E-state index < -0.39 is 28.6 Å². The molecule has 1 heterocycles. The summed E-state index contributed by atoms with van der Waals surface area (Å²) in [4.78, 5) is 34.5. The summed E-state index contributed by atoms with van der Waals surface area (Å²) in [5.74, 6) is -0.157. The third-order valence-electron chi connectivity index (χ3n) is 4.02. The minimum atomic E-state index is -1.10. The van der Waals surface area contributed by atoms with Crippen molar-refractivity contribution in [1.82, 2.24) is 5.32 Å². The molecule has 1 atom stereocenters. The number of hydrogen-bond acceptors (Lipinski definition) is 8. The first kappa shape index (κ1) is 19.0. The SMILES string of the molecule is C[C@H](OC(=O)c1ccc(N)c([N+](=O)[O-])c1)C(=O)NCc1ccc2c(c1)OCO2. The summed E-state index contributed by atoms with van der Waals surface area (Å²) < 4.78 is 15.6. The van der Waals surface area contributed by atoms with Crippen LogP contribution in [0.2, 0.25) is 0 Å². The maximum atomic E-state index is 12.2. The molecule has 10 nitrogen and oxygen atoms in total. The summed E-state index contributed by atoms with van der Waals surface area (Å²) in [6.07, 6.45) is -1.10. The molecule has 10 heteroatoms. The highest BCUT2D eigenvalue weighted by Crippen LogP contribution is 2.32. The largest absolute Gasteiger partial charge is 0.454 e. The van der Waals surface area contributed by atoms with E-state index in [1.807, 2.05) is 0 Å². The molecule has 0 saturated heterocycles. The molecule has 0 spiro atoms. The lowest BCUT2D eigenvalue weighted by Crippen LogP contribution is -2.35. The predicted molar refractivity (Wildman–Crippen MR) is 96.8 cm³/mol. The van der Waals surface area contributed by atoms with Crippen LogP contribution >= 0.6 is 0 Å². The van der Waals surface area contributed by atoms with E-state index >= 15 is 0 Å². The Morgan fingerprint density at radius 1 is 1.25 bits per heavy atom. The van der Waals surface area contributed by atoms with E-state index in [4.69, 9.17) is 19.9 Å². The predicted octanol–water partition coefficient (Wildman–Crippen LogP) is 1.77. The summed E-state index contributed by atoms with van der Waals surface area (Å²) >= 11 is 0. The number of hydrogen-bond donors (Lipinski definition) is 2. The third-order valence-corrected chi connectivity index (χ3v) is 4.02. The number of carbonyl (C=O) groups excluding carboxylic acids is 2. The summed E-state index contributed by atoms with van der Waals surface area (Å²) in [5.41, 5.74) is 5.72. The number of nitro benzene ring substituents is 1. The molecule has 1 amide bonds. The van der Waals surface area contributed by atoms with Crippen molar-refractivity contribution in [2.75, 3.05) is 12.5 Å². The van der Waals surface area contributed by atoms with Crippen molar-refractivity contribution in [2.45, 2.75) is 19.6 Å². The van der Waals surface area contributed by atoms with Crippen molar-refractivity contribution >= 4 is 23.3 Å². The lowest BCUT2D eigenvalue weighted by molar-refractivity contribution is -0.383. The molecule has 0 radical (unpaired) electrons. The van der Waals surface area contributed by atoms with E-state index in [1.54, 1.807) is 18.2 Å². The van der Waals surface area contributed by atoms with Crippen LogP contribution < -0.4 is 20.5 Å². The first-order chi connectivity index (χ1) is 13.3. The monoisotopic (exact) mass is 387 g/mol. The Kier molecular flexibility index (Phi) is 5.30. The van der Waals surface area contributed by atoms with Gasteiger partial charge in [0.2, 0.25) is 6.79 Å². The van der Waals surface area contributed by atoms with Gasteiger partial charge in [0, 0.05) is 12.6 Å². The Balaban J connectivity index is 1.57. The standard InChI is InChI=1S/C18H17N3O7/c1-10(28-18(23)12-3-4-13(19)14(7-12)21(24)25)17(22)20-8-11-2-5-15-16(6-11)27-9-26-15/h2-7,10H,8-9,19H2,1H3,(H,20,22)/t10-/m0/s1. The fourth-order valence-corrected chi connectivity index (χ4v) is 2.49. The topological polar surface area (TPSA) is 143 Å². The molecule has 2 aromatic rings. The number of benzene rings is 2. The van der Waals surface area contributed by atoms with Crippen LogP contribution in [0.5, 0.6) is 11.5 Å². The molecule has 0 bridgehead atoms. The van der Waals surface area contributed by atoms with Crippen LogP contribution in [0.3, 0.4) is 0 Å². The van der Waals surface area contributed by atoms with E-state index in [9.17, 15) is 19.7 Å². The van der Waals surface area contributed by atoms with Gasteiger partial charge in [-0.25, -0.2) is 4.79 Å². The van der Waals surface area contributed by atoms with Gasteiger partial charge < -0.3 is 25.3 Å². The fourth-order valence-electron chi connectivity index (χ4n) is 2.49. The number of anilines is 1. The second kappa shape index (κ2) is 7.82. The van der Waals surface area contributed by atoms with Gasteiger partial charge in [0.25, 0.3) is 11.6 Å². The van der Waals surface area contributed by atoms with Crippen LogP contribution in [-0.2, 0) is 16.1 Å². The zero-order valence-corrected chi connectivity index (χ0v) is 14.8. The average molecular weight is 387 g/mol. The Labute approximate surface area is 159 Å². The van der Waals surface area contributed by atoms with E-state index in [1.165, 1.54) is 19.1 Å². The number of rotatable bonds is 6. The van der Waals surface area contributed by atoms with Crippen LogP contribution in [0, 0.1) is 10.1 Å². The molecule has 0 aliphatic carbocycles. The van der Waals surface area contributed by atoms with Gasteiger partial charge in [-0.05, 0) is 36.8 Å². The molecule has 0 unspecified atom stereocenters. The number of fused-ring (bicyclic) bond motifs is 1. The molecule has 1 aliphatic heterocycles. The minimum absolute atomic E-state index is 0.0729. The van der Waals surface area contributed by atoms with Crippen molar-refractivity contribution in [3.63, 3.8) is 0 Å². The molecular weight excluding hydrogens is 370 g/mol. The molecule has 0 saturated carbocycles. The van der Waals surface area contributed by atoms with Crippen molar-refractivity contribution in [2.24, 2.45) is 0 Å². The summed E-state index contributed by atoms with van der Waals surface area (Å²) in [7, 11) is 0. The van der Waals surface area contributed by atoms with Crippen LogP contribution in [0.4, 0.5) is 11.4 Å². The second-order valence-corrected chi connectivity index (χ2v) is 5.98. The number of amides is 1. The number of carbonyl (C=O) groups is 2. The van der Waals surface area contributed by atoms with Crippen LogP contribution in [0.1, 0.15) is 22.8 Å². The summed E-state index contributed by atoms with van der Waals surface area (Å²) in [5, 5.41) is 13.6. The summed E-state index contributed by atoms with van der Waals surface area (Å²) in [6, 6.07) is 8.79. The average Bonchev–Trinajstić information content (AvgIpc) is 3.13. The van der Waals surface area contributed by atoms with Gasteiger partial charge >= 0.3 is 5.97 Å². The first-order valence-corrected chi connectivity index (χ1v) is 8.26. The van der Waals surface area contributed by atoms with E-state index in [0.717, 1.165) is 11.6 Å². The van der Waals surface area contributed by atoms with Crippen molar-refractivity contribution in [3.05, 3.63) is 57.6 Å². The number of nitrogens with one attached hydrogen (secondary N) is 1. The van der Waals surface area contributed by atoms with Gasteiger partial charge in [-0.2, -0.15) is 0 Å². The molecule has 3 N–H and O–H groups in total. The van der Waals surface area contributed by atoms with Crippen molar-refractivity contribution in [1.29, 1.82) is 0 Å². The third kappa shape index (κ3) is 4.11. The molecule has 3 rings (SSSR count). The molecule has 1 aliphatic rings. The Morgan fingerprint density at radius 2 is 2.00 bits per heavy atom. The lowest BCUT2D eigenvalue weighted by atomic mass is 10.1. The maximum Gasteiger partial charge on any atom is 0.339 e. The van der Waals surface area contributed by atoms with Gasteiger partial charge in [0.1, 0.15) is 5.69 Å². The van der Waals surface area contributed by atoms with Crippen molar-refractivity contribution in [3.8, 4) is 11.5 Å². The highest BCUT2D eigenvalue weighted by atomic mass is 16.7. The Bertz CT molecular complexity index is 945. The number of ether oxygens (including phenoxy) is 3. The van der Waals surface area contributed by atoms with E-state index in [2.05, 4.69) is 5.32 Å². The lowest BCUT2D eigenvalue weighted by Gasteiger charge is -2.14. The van der Waals surface area contributed by atoms with Gasteiger partial charge in [-0.3, -0.25) is 14.9 Å². The van der Waals surface area contributed by atoms with Crippen LogP contribution in [-0.4, -0.2) is 29.7 Å². The highest BCUT2D eigenvalue weighted by Gasteiger charge is 2.22. The van der Waals surface area contributed by atoms with Crippen LogP contribution in [0.15, 0.2) is 36.4 Å². The quantitative estimate of drug-likeness (QED) is 0.330. The Morgan fingerprint density at radius 3 is 2.75 bits per heavy atom. The number of nitrogens with two attached hydrogens (primary N) is 1. The fraction of sp³-hybridized carbons (Fsp3) is 0.222. The smallest absolute Gasteiger partial charge is 0.339 e. The minimum Gasteiger partial charge on any atom is -0.454 e. The number of nitrogen functional groups attached to an aromatic ring is 1. The molecular formula is C18H17N3O7. The first-order valence-electron chi connectivity index (χ1n) is 8.26. The second-order valence-electron chi connectivity index (χ2n) is 5.98. The van der Waals surface area contributed by atoms with Gasteiger partial charge in [0.05, 0.1) is 10.5 Å². The van der Waals surface area contributed by atoms with E-state index in [0.29, 0.717) is 11.5 Å². The molecule has 2 aromatic carbocycles. The Hall–Kier alpha value is -3.82. The van der Waals surface area contributed by atoms with Crippen molar-refractivity contribution < 1.29 is 28.7 Å². The van der Waals surface area contributed by atoms with E-state index in [-0.39, 0.29) is 24.6 Å². The van der Waals surface area contributed by atoms with Crippen LogP contribution in [0.25, 0.3) is 0 Å². The zero-order valence-electron chi connectivity index (χ0n) is 14.8. The molecule has 0 fully saturated rings. The maximum absolute atomic E-state index is 12.2. The zero-order chi connectivity index (χ0) is 20.3. The van der Waals surface area contributed by atoms with Gasteiger partial charge in [-0.1, -0.05) is 6.07 Å². The number of esters is 1. The normalized spacial score (nSPS) is 12.9. The highest BCUT2D eigenvalue weighted by molar-refractivity contribution is 5.93. The van der Waals surface area contributed by atoms with Gasteiger partial charge in [-0.15, -0.1) is 0 Å². The van der Waals surface area contributed by atoms with Gasteiger partial charge in [0.15, 0.2) is 17.6 Å². The molecule has 146 valence electrons. The molecule has 0 aromatic heterocycles. The molecule has 28 heavy (non-hydrogen) atoms. The number of nitrogens with zero attached hydrogens (tertiary/aromatic N) is 1. The number of nitro groups is 1.